The third-order valence-corrected chi connectivity index (χ3v) is 13.9. The Labute approximate surface area is 310 Å². The van der Waals surface area contributed by atoms with Crippen LogP contribution in [0.5, 0.6) is 0 Å². The van der Waals surface area contributed by atoms with Crippen LogP contribution in [0.4, 0.5) is 0 Å². The highest BCUT2D eigenvalue weighted by molar-refractivity contribution is 9.11. The van der Waals surface area contributed by atoms with Crippen molar-refractivity contribution in [2.45, 2.75) is 155 Å². The van der Waals surface area contributed by atoms with Crippen molar-refractivity contribution in [3.05, 3.63) is 19.7 Å². The van der Waals surface area contributed by atoms with Gasteiger partial charge in [0, 0.05) is 23.9 Å². The van der Waals surface area contributed by atoms with Gasteiger partial charge in [-0.15, -0.1) is 22.7 Å². The number of aryl methyl sites for hydroxylation is 2. The first-order valence-corrected chi connectivity index (χ1v) is 22.6. The summed E-state index contributed by atoms with van der Waals surface area (Å²) in [6, 6.07) is 4.70. The number of hydrogen-bond donors (Lipinski definition) is 0. The predicted octanol–water partition coefficient (Wildman–Crippen LogP) is 15.4. The Morgan fingerprint density at radius 3 is 1.21 bits per heavy atom. The molecule has 0 radical (unpaired) electrons. The minimum atomic E-state index is 1.05. The first kappa shape index (κ1) is 35.8. The summed E-state index contributed by atoms with van der Waals surface area (Å²) in [6.45, 7) is 6.71. The van der Waals surface area contributed by atoms with Crippen molar-refractivity contribution in [1.82, 2.24) is 17.9 Å². The van der Waals surface area contributed by atoms with Crippen molar-refractivity contribution in [2.75, 3.05) is 0 Å². The maximum atomic E-state index is 4.97. The molecule has 0 bridgehead atoms. The number of halogens is 2. The van der Waals surface area contributed by atoms with Gasteiger partial charge in [0.2, 0.25) is 0 Å². The molecule has 6 aromatic rings. The first-order chi connectivity index (χ1) is 23.1. The van der Waals surface area contributed by atoms with Crippen molar-refractivity contribution < 1.29 is 0 Å². The lowest BCUT2D eigenvalue weighted by molar-refractivity contribution is 0.539. The lowest BCUT2D eigenvalue weighted by Crippen LogP contribution is -2.03. The number of unbranched alkanes of at least 4 members (excludes halogenated alkanes) is 18. The fourth-order valence-electron chi connectivity index (χ4n) is 7.62. The van der Waals surface area contributed by atoms with Crippen LogP contribution in [0.25, 0.3) is 53.3 Å². The van der Waals surface area contributed by atoms with Crippen LogP contribution in [-0.4, -0.2) is 17.9 Å². The van der Waals surface area contributed by atoms with Crippen molar-refractivity contribution in [3.63, 3.8) is 0 Å². The highest BCUT2D eigenvalue weighted by Gasteiger charge is 2.27. The molecule has 0 N–H and O–H groups in total. The van der Waals surface area contributed by atoms with E-state index in [4.69, 9.17) is 8.75 Å². The number of nitrogens with zero attached hydrogens (tertiary/aromatic N) is 4. The molecule has 0 fully saturated rings. The van der Waals surface area contributed by atoms with Gasteiger partial charge in [0.25, 0.3) is 0 Å². The molecule has 5 aromatic heterocycles. The number of benzene rings is 1. The molecule has 0 saturated heterocycles. The van der Waals surface area contributed by atoms with E-state index in [0.29, 0.717) is 0 Å². The van der Waals surface area contributed by atoms with E-state index in [1.807, 2.05) is 22.7 Å². The highest BCUT2D eigenvalue weighted by Crippen LogP contribution is 2.49. The van der Waals surface area contributed by atoms with Gasteiger partial charge in [-0.3, -0.25) is 0 Å². The second kappa shape index (κ2) is 17.8. The summed E-state index contributed by atoms with van der Waals surface area (Å²) in [6.07, 6.45) is 27.2. The summed E-state index contributed by atoms with van der Waals surface area (Å²) >= 11 is 12.8. The Balaban J connectivity index is 1.26. The molecule has 0 aliphatic carbocycles. The number of hydrogen-bond acceptors (Lipinski definition) is 5. The molecular weight excluding hydrogens is 768 g/mol. The number of thiophene rings is 2. The van der Waals surface area contributed by atoms with Crippen LogP contribution in [0.2, 0.25) is 0 Å². The minimum absolute atomic E-state index is 1.05. The second-order valence-corrected chi connectivity index (χ2v) is 19.0. The van der Waals surface area contributed by atoms with Crippen LogP contribution in [0.15, 0.2) is 19.7 Å². The Hall–Kier alpha value is -1.00. The van der Waals surface area contributed by atoms with Gasteiger partial charge >= 0.3 is 0 Å². The first-order valence-electron chi connectivity index (χ1n) is 18.6. The summed E-state index contributed by atoms with van der Waals surface area (Å²) < 4.78 is 20.4. The van der Waals surface area contributed by atoms with Gasteiger partial charge in [-0.25, -0.2) is 0 Å². The zero-order valence-corrected chi connectivity index (χ0v) is 34.1. The molecule has 256 valence electrons. The van der Waals surface area contributed by atoms with Crippen LogP contribution in [0.3, 0.4) is 0 Å². The quantitative estimate of drug-likeness (QED) is 0.0640. The van der Waals surface area contributed by atoms with Gasteiger partial charge in [-0.1, -0.05) is 129 Å². The van der Waals surface area contributed by atoms with Gasteiger partial charge in [0.1, 0.15) is 11.0 Å². The molecule has 0 unspecified atom stereocenters. The molecule has 47 heavy (non-hydrogen) atoms. The van der Waals surface area contributed by atoms with Crippen molar-refractivity contribution in [2.24, 2.45) is 0 Å². The van der Waals surface area contributed by atoms with Crippen molar-refractivity contribution >= 4 is 120 Å². The van der Waals surface area contributed by atoms with Crippen LogP contribution in [0, 0.1) is 0 Å². The zero-order chi connectivity index (χ0) is 32.6. The smallest absolute Gasteiger partial charge is 0.116 e. The van der Waals surface area contributed by atoms with Gasteiger partial charge in [0.15, 0.2) is 0 Å². The standard InChI is InChI=1S/C38H52Br2N4S3/c1-3-5-7-9-11-13-15-17-19-21-23-43-27-25-29(39)45-37(27)31-33-34(42-47-41-33)32-36(35(31)43)44(28-26-30(40)46-38(28)32)24-22-20-18-16-14-12-10-8-6-4-2/h25-26H,3-24H2,1-2H3. The normalized spacial score (nSPS) is 12.4. The molecule has 0 amide bonds. The fourth-order valence-corrected chi connectivity index (χ4v) is 11.5. The van der Waals surface area contributed by atoms with Crippen molar-refractivity contribution in [3.8, 4) is 0 Å². The fraction of sp³-hybridized carbons (Fsp3) is 0.632. The van der Waals surface area contributed by atoms with E-state index in [9.17, 15) is 0 Å². The predicted molar refractivity (Wildman–Crippen MR) is 218 cm³/mol. The highest BCUT2D eigenvalue weighted by atomic mass is 79.9. The van der Waals surface area contributed by atoms with E-state index in [2.05, 4.69) is 67.0 Å². The molecule has 9 heteroatoms. The van der Waals surface area contributed by atoms with Crippen molar-refractivity contribution in [1.29, 1.82) is 0 Å². The third-order valence-electron chi connectivity index (χ3n) is 10.1. The van der Waals surface area contributed by atoms with E-state index < -0.39 is 0 Å². The zero-order valence-electron chi connectivity index (χ0n) is 28.5. The molecule has 0 saturated carbocycles. The van der Waals surface area contributed by atoms with Gasteiger partial charge in [0.05, 0.1) is 50.8 Å². The average molecular weight is 821 g/mol. The minimum Gasteiger partial charge on any atom is -0.338 e. The molecule has 1 aromatic carbocycles. The third kappa shape index (κ3) is 8.16. The lowest BCUT2D eigenvalue weighted by Gasteiger charge is -2.12. The van der Waals surface area contributed by atoms with Gasteiger partial charge in [-0.2, -0.15) is 8.75 Å². The lowest BCUT2D eigenvalue weighted by atomic mass is 10.1. The topological polar surface area (TPSA) is 35.6 Å². The SMILES string of the molecule is CCCCCCCCCCCCn1c2cc(Br)sc2c2c3nsnc3c3c4sc(Br)cc4n(CCCCCCCCCCCC)c3c21. The number of rotatable bonds is 22. The summed E-state index contributed by atoms with van der Waals surface area (Å²) in [7, 11) is 0. The molecule has 0 aliphatic heterocycles. The average Bonchev–Trinajstić information content (AvgIpc) is 3.87. The van der Waals surface area contributed by atoms with E-state index in [-0.39, 0.29) is 0 Å². The Morgan fingerprint density at radius 2 is 0.851 bits per heavy atom. The summed E-state index contributed by atoms with van der Waals surface area (Å²) in [5, 5.41) is 2.63. The monoisotopic (exact) mass is 818 g/mol. The molecule has 0 atom stereocenters. The summed E-state index contributed by atoms with van der Waals surface area (Å²) in [4.78, 5) is 0. The number of fused-ring (bicyclic) bond motifs is 10. The van der Waals surface area contributed by atoms with Gasteiger partial charge in [-0.05, 0) is 56.8 Å². The molecular formula is C38H52Br2N4S3. The van der Waals surface area contributed by atoms with Crippen LogP contribution >= 0.6 is 66.3 Å². The Morgan fingerprint density at radius 1 is 0.511 bits per heavy atom. The molecule has 5 heterocycles. The van der Waals surface area contributed by atoms with Crippen LogP contribution < -0.4 is 0 Å². The molecule has 6 rings (SSSR count). The van der Waals surface area contributed by atoms with E-state index in [1.165, 1.54) is 190 Å². The second-order valence-electron chi connectivity index (χ2n) is 13.6. The number of aromatic nitrogens is 4. The molecule has 0 spiro atoms. The summed E-state index contributed by atoms with van der Waals surface area (Å²) in [5.74, 6) is 0. The Bertz CT molecular complexity index is 1740. The maximum Gasteiger partial charge on any atom is 0.116 e. The van der Waals surface area contributed by atoms with Crippen LogP contribution in [-0.2, 0) is 13.1 Å². The van der Waals surface area contributed by atoms with Gasteiger partial charge < -0.3 is 9.13 Å². The maximum absolute atomic E-state index is 4.97. The largest absolute Gasteiger partial charge is 0.338 e. The molecule has 0 aliphatic rings. The van der Waals surface area contributed by atoms with E-state index in [0.717, 1.165) is 24.1 Å². The molecule has 4 nitrogen and oxygen atoms in total. The Kier molecular flexibility index (Phi) is 13.5. The van der Waals surface area contributed by atoms with E-state index in [1.54, 1.807) is 0 Å². The van der Waals surface area contributed by atoms with Crippen LogP contribution in [0.1, 0.15) is 142 Å². The van der Waals surface area contributed by atoms with E-state index >= 15 is 0 Å². The summed E-state index contributed by atoms with van der Waals surface area (Å²) in [5.41, 5.74) is 7.65.